The number of aromatic nitrogens is 1. The van der Waals surface area contributed by atoms with Gasteiger partial charge in [0.15, 0.2) is 0 Å². The first kappa shape index (κ1) is 13.4. The second-order valence-electron chi connectivity index (χ2n) is 3.92. The molecule has 1 atom stereocenters. The van der Waals surface area contributed by atoms with Gasteiger partial charge in [-0.1, -0.05) is 30.1 Å². The van der Waals surface area contributed by atoms with Gasteiger partial charge in [0.25, 0.3) is 0 Å². The highest BCUT2D eigenvalue weighted by atomic mass is 35.5. The maximum Gasteiger partial charge on any atom is 0.126 e. The van der Waals surface area contributed by atoms with E-state index in [9.17, 15) is 0 Å². The zero-order valence-electron chi connectivity index (χ0n) is 9.99. The largest absolute Gasteiger partial charge is 0.467 e. The molecule has 0 bridgehead atoms. The molecule has 1 unspecified atom stereocenters. The summed E-state index contributed by atoms with van der Waals surface area (Å²) in [5.74, 6) is 0.792. The van der Waals surface area contributed by atoms with Crippen LogP contribution in [0, 0.1) is 0 Å². The number of hydrogen-bond acceptors (Lipinski definition) is 3. The van der Waals surface area contributed by atoms with Gasteiger partial charge < -0.3 is 9.73 Å². The van der Waals surface area contributed by atoms with Crippen molar-refractivity contribution in [1.29, 1.82) is 0 Å². The second-order valence-corrected chi connectivity index (χ2v) is 4.77. The van der Waals surface area contributed by atoms with E-state index < -0.39 is 0 Å². The van der Waals surface area contributed by atoms with E-state index in [1.54, 1.807) is 18.5 Å². The van der Waals surface area contributed by atoms with Gasteiger partial charge in [0, 0.05) is 6.20 Å². The third kappa shape index (κ3) is 3.05. The van der Waals surface area contributed by atoms with E-state index in [-0.39, 0.29) is 6.04 Å². The van der Waals surface area contributed by atoms with Crippen molar-refractivity contribution < 1.29 is 4.42 Å². The van der Waals surface area contributed by atoms with Crippen LogP contribution in [0.15, 0.2) is 35.1 Å². The molecule has 2 rings (SSSR count). The van der Waals surface area contributed by atoms with Crippen LogP contribution in [0.5, 0.6) is 0 Å². The van der Waals surface area contributed by atoms with E-state index in [0.29, 0.717) is 10.0 Å². The van der Waals surface area contributed by atoms with Crippen molar-refractivity contribution in [3.05, 3.63) is 52.2 Å². The average molecular weight is 285 g/mol. The number of hydrogen-bond donors (Lipinski definition) is 1. The summed E-state index contributed by atoms with van der Waals surface area (Å²) in [4.78, 5) is 4.30. The van der Waals surface area contributed by atoms with Crippen molar-refractivity contribution in [2.24, 2.45) is 0 Å². The van der Waals surface area contributed by atoms with Crippen LogP contribution in [0.3, 0.4) is 0 Å². The molecule has 1 N–H and O–H groups in total. The summed E-state index contributed by atoms with van der Waals surface area (Å²) in [6.07, 6.45) is 4.24. The summed E-state index contributed by atoms with van der Waals surface area (Å²) < 4.78 is 5.44. The Morgan fingerprint density at radius 1 is 1.44 bits per heavy atom. The Labute approximate surface area is 116 Å². The Morgan fingerprint density at radius 2 is 2.28 bits per heavy atom. The minimum absolute atomic E-state index is 0.148. The van der Waals surface area contributed by atoms with E-state index in [2.05, 4.69) is 17.2 Å². The number of rotatable bonds is 5. The molecule has 0 saturated carbocycles. The molecule has 0 radical (unpaired) electrons. The fraction of sp³-hybridized carbons (Fsp3) is 0.308. The normalized spacial score (nSPS) is 12.6. The third-order valence-electron chi connectivity index (χ3n) is 2.54. The fourth-order valence-electron chi connectivity index (χ4n) is 1.71. The number of pyridine rings is 1. The van der Waals surface area contributed by atoms with E-state index >= 15 is 0 Å². The first-order chi connectivity index (χ1) is 8.72. The summed E-state index contributed by atoms with van der Waals surface area (Å²) in [6, 6.07) is 5.29. The van der Waals surface area contributed by atoms with E-state index in [1.165, 1.54) is 0 Å². The average Bonchev–Trinajstić information content (AvgIpc) is 2.85. The minimum atomic E-state index is -0.148. The molecule has 0 aliphatic rings. The van der Waals surface area contributed by atoms with Crippen LogP contribution in [0.25, 0.3) is 0 Å². The Hall–Kier alpha value is -1.03. The lowest BCUT2D eigenvalue weighted by Gasteiger charge is -2.17. The monoisotopic (exact) mass is 284 g/mol. The van der Waals surface area contributed by atoms with Crippen LogP contribution in [0.1, 0.15) is 30.8 Å². The Bertz CT molecular complexity index is 500. The first-order valence-electron chi connectivity index (χ1n) is 5.80. The molecule has 0 amide bonds. The van der Waals surface area contributed by atoms with E-state index in [0.717, 1.165) is 24.4 Å². The van der Waals surface area contributed by atoms with Crippen molar-refractivity contribution in [2.75, 3.05) is 6.54 Å². The molecule has 0 aliphatic heterocycles. The predicted octanol–water partition coefficient (Wildman–Crippen LogP) is 4.07. The third-order valence-corrected chi connectivity index (χ3v) is 3.05. The SMILES string of the molecule is CCCNC(c1ccco1)c1ncc(Cl)cc1Cl. The molecule has 0 aliphatic carbocycles. The van der Waals surface area contributed by atoms with Crippen molar-refractivity contribution in [2.45, 2.75) is 19.4 Å². The lowest BCUT2D eigenvalue weighted by atomic mass is 10.1. The van der Waals surface area contributed by atoms with Crippen molar-refractivity contribution in [3.63, 3.8) is 0 Å². The summed E-state index contributed by atoms with van der Waals surface area (Å²) in [5.41, 5.74) is 0.726. The van der Waals surface area contributed by atoms with Gasteiger partial charge in [0.05, 0.1) is 22.0 Å². The highest BCUT2D eigenvalue weighted by Gasteiger charge is 2.20. The van der Waals surface area contributed by atoms with Crippen LogP contribution >= 0.6 is 23.2 Å². The van der Waals surface area contributed by atoms with Gasteiger partial charge in [-0.3, -0.25) is 4.98 Å². The molecule has 2 aromatic rings. The Morgan fingerprint density at radius 3 is 2.89 bits per heavy atom. The molecule has 0 aromatic carbocycles. The molecule has 2 aromatic heterocycles. The zero-order valence-corrected chi connectivity index (χ0v) is 11.5. The molecule has 96 valence electrons. The summed E-state index contributed by atoms with van der Waals surface area (Å²) in [6.45, 7) is 2.95. The lowest BCUT2D eigenvalue weighted by molar-refractivity contribution is 0.442. The maximum atomic E-state index is 6.19. The van der Waals surface area contributed by atoms with Crippen LogP contribution in [-0.4, -0.2) is 11.5 Å². The molecule has 5 heteroatoms. The van der Waals surface area contributed by atoms with Crippen LogP contribution in [-0.2, 0) is 0 Å². The molecule has 18 heavy (non-hydrogen) atoms. The van der Waals surface area contributed by atoms with Crippen LogP contribution in [0.4, 0.5) is 0 Å². The summed E-state index contributed by atoms with van der Waals surface area (Å²) in [5, 5.41) is 4.42. The minimum Gasteiger partial charge on any atom is -0.467 e. The van der Waals surface area contributed by atoms with Crippen LogP contribution < -0.4 is 5.32 Å². The van der Waals surface area contributed by atoms with Crippen molar-refractivity contribution >= 4 is 23.2 Å². The zero-order chi connectivity index (χ0) is 13.0. The van der Waals surface area contributed by atoms with Gasteiger partial charge >= 0.3 is 0 Å². The highest BCUT2D eigenvalue weighted by molar-refractivity contribution is 6.34. The van der Waals surface area contributed by atoms with Gasteiger partial charge in [-0.2, -0.15) is 0 Å². The van der Waals surface area contributed by atoms with E-state index in [4.69, 9.17) is 27.6 Å². The van der Waals surface area contributed by atoms with Gasteiger partial charge in [-0.25, -0.2) is 0 Å². The molecular weight excluding hydrogens is 271 g/mol. The quantitative estimate of drug-likeness (QED) is 0.899. The summed E-state index contributed by atoms with van der Waals surface area (Å²) in [7, 11) is 0. The van der Waals surface area contributed by atoms with E-state index in [1.807, 2.05) is 12.1 Å². The molecule has 0 saturated heterocycles. The fourth-order valence-corrected chi connectivity index (χ4v) is 2.20. The number of nitrogens with zero attached hydrogens (tertiary/aromatic N) is 1. The molecule has 0 fully saturated rings. The molecule has 2 heterocycles. The van der Waals surface area contributed by atoms with Gasteiger partial charge in [0.2, 0.25) is 0 Å². The lowest BCUT2D eigenvalue weighted by Crippen LogP contribution is -2.24. The topological polar surface area (TPSA) is 38.1 Å². The summed E-state index contributed by atoms with van der Waals surface area (Å²) >= 11 is 12.1. The Balaban J connectivity index is 2.33. The maximum absolute atomic E-state index is 6.19. The first-order valence-corrected chi connectivity index (χ1v) is 6.55. The second kappa shape index (κ2) is 6.23. The standard InChI is InChI=1S/C13H14Cl2N2O/c1-2-5-16-13(11-4-3-6-18-11)12-10(15)7-9(14)8-17-12/h3-4,6-8,13,16H,2,5H2,1H3. The predicted molar refractivity (Wildman–Crippen MR) is 73.1 cm³/mol. The smallest absolute Gasteiger partial charge is 0.126 e. The van der Waals surface area contributed by atoms with Gasteiger partial charge in [-0.15, -0.1) is 0 Å². The molecule has 0 spiro atoms. The molecular formula is C13H14Cl2N2O. The van der Waals surface area contributed by atoms with Crippen molar-refractivity contribution in [3.8, 4) is 0 Å². The van der Waals surface area contributed by atoms with Gasteiger partial charge in [0.1, 0.15) is 11.8 Å². The Kier molecular flexibility index (Phi) is 4.64. The van der Waals surface area contributed by atoms with Crippen LogP contribution in [0.2, 0.25) is 10.0 Å². The van der Waals surface area contributed by atoms with Crippen molar-refractivity contribution in [1.82, 2.24) is 10.3 Å². The number of furan rings is 1. The highest BCUT2D eigenvalue weighted by Crippen LogP contribution is 2.28. The number of halogens is 2. The molecule has 3 nitrogen and oxygen atoms in total. The van der Waals surface area contributed by atoms with Gasteiger partial charge in [-0.05, 0) is 31.2 Å². The number of nitrogens with one attached hydrogen (secondary N) is 1.